The van der Waals surface area contributed by atoms with Gasteiger partial charge in [0.05, 0.1) is 0 Å². The summed E-state index contributed by atoms with van der Waals surface area (Å²) >= 11 is 9.34. The summed E-state index contributed by atoms with van der Waals surface area (Å²) in [5.74, 6) is 0.496. The lowest BCUT2D eigenvalue weighted by atomic mass is 10.2. The zero-order valence-electron chi connectivity index (χ0n) is 11.6. The molecule has 2 rings (SSSR count). The van der Waals surface area contributed by atoms with Crippen LogP contribution in [0.25, 0.3) is 0 Å². The predicted octanol–water partition coefficient (Wildman–Crippen LogP) is 4.14. The highest BCUT2D eigenvalue weighted by molar-refractivity contribution is 9.10. The van der Waals surface area contributed by atoms with E-state index in [-0.39, 0.29) is 12.5 Å². The van der Waals surface area contributed by atoms with Crippen LogP contribution in [0, 0.1) is 0 Å². The van der Waals surface area contributed by atoms with Gasteiger partial charge in [-0.2, -0.15) is 0 Å². The van der Waals surface area contributed by atoms with E-state index in [9.17, 15) is 4.79 Å². The first-order valence-electron chi connectivity index (χ1n) is 6.42. The Kier molecular flexibility index (Phi) is 5.65. The van der Waals surface area contributed by atoms with Crippen molar-refractivity contribution < 1.29 is 9.53 Å². The second-order valence-electron chi connectivity index (χ2n) is 4.59. The number of amides is 1. The molecule has 5 heteroatoms. The zero-order chi connectivity index (χ0) is 15.2. The van der Waals surface area contributed by atoms with E-state index in [4.69, 9.17) is 16.3 Å². The van der Waals surface area contributed by atoms with Crippen LogP contribution in [0.15, 0.2) is 53.0 Å². The summed E-state index contributed by atoms with van der Waals surface area (Å²) < 4.78 is 6.44. The lowest BCUT2D eigenvalue weighted by molar-refractivity contribution is -0.132. The van der Waals surface area contributed by atoms with Crippen LogP contribution in [0.3, 0.4) is 0 Å². The molecule has 2 aromatic rings. The molecule has 0 aliphatic heterocycles. The summed E-state index contributed by atoms with van der Waals surface area (Å²) in [5, 5.41) is 0.585. The number of halogens is 2. The molecule has 0 unspecified atom stereocenters. The Labute approximate surface area is 137 Å². The third-order valence-corrected chi connectivity index (χ3v) is 3.96. The van der Waals surface area contributed by atoms with Crippen LogP contribution in [0.4, 0.5) is 0 Å². The SMILES string of the molecule is CN(Cc1ccccc1Br)C(=O)COc1cccc(Cl)c1. The van der Waals surface area contributed by atoms with Gasteiger partial charge in [0, 0.05) is 23.1 Å². The number of hydrogen-bond acceptors (Lipinski definition) is 2. The van der Waals surface area contributed by atoms with E-state index in [1.54, 1.807) is 36.2 Å². The number of hydrogen-bond donors (Lipinski definition) is 0. The number of benzene rings is 2. The van der Waals surface area contributed by atoms with Gasteiger partial charge in [0.15, 0.2) is 6.61 Å². The predicted molar refractivity (Wildman–Crippen MR) is 87.6 cm³/mol. The highest BCUT2D eigenvalue weighted by atomic mass is 79.9. The number of likely N-dealkylation sites (N-methyl/N-ethyl adjacent to an activating group) is 1. The van der Waals surface area contributed by atoms with Gasteiger partial charge in [0.2, 0.25) is 0 Å². The van der Waals surface area contributed by atoms with Crippen molar-refractivity contribution in [2.24, 2.45) is 0 Å². The van der Waals surface area contributed by atoms with Gasteiger partial charge in [-0.1, -0.05) is 51.8 Å². The molecule has 0 atom stereocenters. The Morgan fingerprint density at radius 1 is 1.24 bits per heavy atom. The summed E-state index contributed by atoms with van der Waals surface area (Å²) in [7, 11) is 1.75. The largest absolute Gasteiger partial charge is 0.484 e. The van der Waals surface area contributed by atoms with Crippen LogP contribution < -0.4 is 4.74 Å². The van der Waals surface area contributed by atoms with Crippen molar-refractivity contribution in [1.82, 2.24) is 4.90 Å². The third kappa shape index (κ3) is 4.76. The smallest absolute Gasteiger partial charge is 0.260 e. The van der Waals surface area contributed by atoms with Gasteiger partial charge in [-0.25, -0.2) is 0 Å². The van der Waals surface area contributed by atoms with Gasteiger partial charge < -0.3 is 9.64 Å². The number of rotatable bonds is 5. The molecule has 2 aromatic carbocycles. The summed E-state index contributed by atoms with van der Waals surface area (Å²) in [6.07, 6.45) is 0. The van der Waals surface area contributed by atoms with Crippen LogP contribution >= 0.6 is 27.5 Å². The third-order valence-electron chi connectivity index (χ3n) is 2.95. The molecule has 0 spiro atoms. The molecule has 0 aliphatic carbocycles. The van der Waals surface area contributed by atoms with E-state index >= 15 is 0 Å². The Morgan fingerprint density at radius 3 is 2.71 bits per heavy atom. The fourth-order valence-corrected chi connectivity index (χ4v) is 2.37. The van der Waals surface area contributed by atoms with Gasteiger partial charge in [-0.15, -0.1) is 0 Å². The van der Waals surface area contributed by atoms with Crippen molar-refractivity contribution in [3.8, 4) is 5.75 Å². The molecule has 0 bridgehead atoms. The first-order chi connectivity index (χ1) is 10.1. The maximum Gasteiger partial charge on any atom is 0.260 e. The van der Waals surface area contributed by atoms with E-state index in [2.05, 4.69) is 15.9 Å². The molecule has 0 radical (unpaired) electrons. The fraction of sp³-hybridized carbons (Fsp3) is 0.188. The van der Waals surface area contributed by atoms with Crippen molar-refractivity contribution in [3.63, 3.8) is 0 Å². The minimum atomic E-state index is -0.0919. The number of carbonyl (C=O) groups is 1. The molecule has 3 nitrogen and oxygen atoms in total. The first-order valence-corrected chi connectivity index (χ1v) is 7.59. The quantitative estimate of drug-likeness (QED) is 0.794. The molecule has 0 heterocycles. The average molecular weight is 369 g/mol. The molecule has 110 valence electrons. The maximum atomic E-state index is 12.1. The van der Waals surface area contributed by atoms with E-state index < -0.39 is 0 Å². The average Bonchev–Trinajstić information content (AvgIpc) is 2.47. The van der Waals surface area contributed by atoms with Crippen molar-refractivity contribution in [1.29, 1.82) is 0 Å². The van der Waals surface area contributed by atoms with E-state index in [0.717, 1.165) is 10.0 Å². The summed E-state index contributed by atoms with van der Waals surface area (Å²) in [6.45, 7) is 0.514. The Bertz CT molecular complexity index is 633. The monoisotopic (exact) mass is 367 g/mol. The number of carbonyl (C=O) groups excluding carboxylic acids is 1. The van der Waals surface area contributed by atoms with E-state index in [1.165, 1.54) is 0 Å². The number of nitrogens with zero attached hydrogens (tertiary/aromatic N) is 1. The summed E-state index contributed by atoms with van der Waals surface area (Å²) in [5.41, 5.74) is 1.05. The molecule has 1 amide bonds. The number of ether oxygens (including phenoxy) is 1. The normalized spacial score (nSPS) is 10.2. The molecule has 0 saturated heterocycles. The maximum absolute atomic E-state index is 12.1. The van der Waals surface area contributed by atoms with Gasteiger partial charge in [0.25, 0.3) is 5.91 Å². The molecule has 0 aliphatic rings. The minimum absolute atomic E-state index is 0.0126. The topological polar surface area (TPSA) is 29.5 Å². The van der Waals surface area contributed by atoms with Crippen LogP contribution in [-0.2, 0) is 11.3 Å². The molecule has 21 heavy (non-hydrogen) atoms. The molecule has 0 aromatic heterocycles. The Balaban J connectivity index is 1.90. The zero-order valence-corrected chi connectivity index (χ0v) is 13.9. The van der Waals surface area contributed by atoms with Crippen molar-refractivity contribution in [3.05, 3.63) is 63.6 Å². The van der Waals surface area contributed by atoms with Crippen LogP contribution in [0.5, 0.6) is 5.75 Å². The van der Waals surface area contributed by atoms with Crippen LogP contribution in [-0.4, -0.2) is 24.5 Å². The fourth-order valence-electron chi connectivity index (χ4n) is 1.78. The van der Waals surface area contributed by atoms with E-state index in [0.29, 0.717) is 17.3 Å². The summed E-state index contributed by atoms with van der Waals surface area (Å²) in [4.78, 5) is 13.7. The minimum Gasteiger partial charge on any atom is -0.484 e. The highest BCUT2D eigenvalue weighted by Crippen LogP contribution is 2.18. The summed E-state index contributed by atoms with van der Waals surface area (Å²) in [6, 6.07) is 14.8. The second-order valence-corrected chi connectivity index (χ2v) is 5.88. The first kappa shape index (κ1) is 15.9. The molecular formula is C16H15BrClNO2. The van der Waals surface area contributed by atoms with Crippen molar-refractivity contribution in [2.75, 3.05) is 13.7 Å². The van der Waals surface area contributed by atoms with Gasteiger partial charge in [0.1, 0.15) is 5.75 Å². The van der Waals surface area contributed by atoms with Gasteiger partial charge >= 0.3 is 0 Å². The highest BCUT2D eigenvalue weighted by Gasteiger charge is 2.11. The molecular weight excluding hydrogens is 354 g/mol. The Hall–Kier alpha value is -1.52. The molecule has 0 fully saturated rings. The molecule has 0 saturated carbocycles. The Morgan fingerprint density at radius 2 is 2.00 bits per heavy atom. The van der Waals surface area contributed by atoms with Crippen LogP contribution in [0.2, 0.25) is 5.02 Å². The van der Waals surface area contributed by atoms with Crippen LogP contribution in [0.1, 0.15) is 5.56 Å². The van der Waals surface area contributed by atoms with Gasteiger partial charge in [-0.3, -0.25) is 4.79 Å². The van der Waals surface area contributed by atoms with Crippen molar-refractivity contribution in [2.45, 2.75) is 6.54 Å². The molecule has 0 N–H and O–H groups in total. The van der Waals surface area contributed by atoms with Crippen molar-refractivity contribution >= 4 is 33.4 Å². The van der Waals surface area contributed by atoms with Gasteiger partial charge in [-0.05, 0) is 29.8 Å². The standard InChI is InChI=1S/C16H15BrClNO2/c1-19(10-12-5-2-3-8-15(12)17)16(20)11-21-14-7-4-6-13(18)9-14/h2-9H,10-11H2,1H3. The lowest BCUT2D eigenvalue weighted by Crippen LogP contribution is -2.31. The lowest BCUT2D eigenvalue weighted by Gasteiger charge is -2.18. The van der Waals surface area contributed by atoms with E-state index in [1.807, 2.05) is 24.3 Å². The second kappa shape index (κ2) is 7.48.